The van der Waals surface area contributed by atoms with Gasteiger partial charge in [0.1, 0.15) is 0 Å². The van der Waals surface area contributed by atoms with Crippen LogP contribution in [0.2, 0.25) is 0 Å². The smallest absolute Gasteiger partial charge is 0.0930 e. The highest BCUT2D eigenvalue weighted by Gasteiger charge is 2.36. The van der Waals surface area contributed by atoms with Crippen LogP contribution in [0.25, 0.3) is 0 Å². The van der Waals surface area contributed by atoms with E-state index in [0.29, 0.717) is 5.84 Å². The third-order valence-electron chi connectivity index (χ3n) is 2.48. The summed E-state index contributed by atoms with van der Waals surface area (Å²) in [6.45, 7) is 9.62. The van der Waals surface area contributed by atoms with Gasteiger partial charge in [0, 0.05) is 12.1 Å². The van der Waals surface area contributed by atoms with Crippen molar-refractivity contribution in [3.05, 3.63) is 0 Å². The Hall–Kier alpha value is -0.530. The molecule has 1 atom stereocenters. The Balaban J connectivity index is 2.74. The highest BCUT2D eigenvalue weighted by Crippen LogP contribution is 2.31. The Morgan fingerprint density at radius 2 is 2.09 bits per heavy atom. The van der Waals surface area contributed by atoms with Crippen molar-refractivity contribution in [3.8, 4) is 0 Å². The predicted octanol–water partition coefficient (Wildman–Crippen LogP) is 2.10. The summed E-state index contributed by atoms with van der Waals surface area (Å²) in [4.78, 5) is 2.19. The van der Waals surface area contributed by atoms with Gasteiger partial charge in [0.15, 0.2) is 0 Å². The fourth-order valence-electron chi connectivity index (χ4n) is 2.18. The van der Waals surface area contributed by atoms with Gasteiger partial charge in [-0.3, -0.25) is 5.41 Å². The molecular formula is C9H18N2. The molecule has 1 rings (SSSR count). The second-order valence-corrected chi connectivity index (χ2v) is 4.32. The maximum absolute atomic E-state index is 7.56. The Morgan fingerprint density at radius 1 is 1.55 bits per heavy atom. The minimum atomic E-state index is 0.214. The van der Waals surface area contributed by atoms with Crippen molar-refractivity contribution >= 4 is 5.84 Å². The average molecular weight is 154 g/mol. The number of hydrogen-bond acceptors (Lipinski definition) is 1. The number of rotatable bonds is 0. The molecule has 1 aliphatic rings. The van der Waals surface area contributed by atoms with Gasteiger partial charge in [-0.15, -0.1) is 0 Å². The van der Waals surface area contributed by atoms with E-state index in [9.17, 15) is 0 Å². The minimum absolute atomic E-state index is 0.214. The van der Waals surface area contributed by atoms with Crippen LogP contribution in [0.3, 0.4) is 0 Å². The van der Waals surface area contributed by atoms with Gasteiger partial charge in [0.05, 0.1) is 5.84 Å². The van der Waals surface area contributed by atoms with E-state index in [1.165, 1.54) is 6.42 Å². The maximum atomic E-state index is 7.56. The summed E-state index contributed by atoms with van der Waals surface area (Å²) in [6, 6.07) is 0. The molecule has 2 nitrogen and oxygen atoms in total. The lowest BCUT2D eigenvalue weighted by Crippen LogP contribution is -2.40. The lowest BCUT2D eigenvalue weighted by atomic mass is 9.98. The lowest BCUT2D eigenvalue weighted by Gasteiger charge is -2.32. The van der Waals surface area contributed by atoms with Crippen molar-refractivity contribution in [2.24, 2.45) is 5.92 Å². The monoisotopic (exact) mass is 154 g/mol. The van der Waals surface area contributed by atoms with Crippen LogP contribution in [0.5, 0.6) is 0 Å². The molecule has 0 aromatic rings. The van der Waals surface area contributed by atoms with Crippen LogP contribution in [0, 0.1) is 11.3 Å². The van der Waals surface area contributed by atoms with Crippen molar-refractivity contribution in [1.82, 2.24) is 4.90 Å². The Kier molecular flexibility index (Phi) is 1.95. The van der Waals surface area contributed by atoms with Gasteiger partial charge in [-0.05, 0) is 33.1 Å². The first-order valence-corrected chi connectivity index (χ1v) is 4.26. The standard InChI is InChI=1S/C9H18N2/c1-7-5-9(3,4)11(6-7)8(2)10/h7,10H,5-6H2,1-4H3. The predicted molar refractivity (Wildman–Crippen MR) is 48.0 cm³/mol. The van der Waals surface area contributed by atoms with Gasteiger partial charge < -0.3 is 4.90 Å². The summed E-state index contributed by atoms with van der Waals surface area (Å²) in [5.41, 5.74) is 0.214. The Bertz CT molecular complexity index is 172. The van der Waals surface area contributed by atoms with Crippen molar-refractivity contribution in [3.63, 3.8) is 0 Å². The van der Waals surface area contributed by atoms with Crippen LogP contribution in [-0.2, 0) is 0 Å². The number of amidine groups is 1. The van der Waals surface area contributed by atoms with Crippen molar-refractivity contribution in [2.75, 3.05) is 6.54 Å². The van der Waals surface area contributed by atoms with E-state index in [0.717, 1.165) is 12.5 Å². The van der Waals surface area contributed by atoms with Crippen LogP contribution in [0.15, 0.2) is 0 Å². The highest BCUT2D eigenvalue weighted by molar-refractivity contribution is 5.77. The Morgan fingerprint density at radius 3 is 2.27 bits per heavy atom. The van der Waals surface area contributed by atoms with Gasteiger partial charge in [0.25, 0.3) is 0 Å². The van der Waals surface area contributed by atoms with E-state index in [2.05, 4.69) is 25.7 Å². The van der Waals surface area contributed by atoms with E-state index < -0.39 is 0 Å². The molecule has 1 N–H and O–H groups in total. The third kappa shape index (κ3) is 1.55. The van der Waals surface area contributed by atoms with E-state index in [-0.39, 0.29) is 5.54 Å². The average Bonchev–Trinajstić information content (AvgIpc) is 2.04. The van der Waals surface area contributed by atoms with Crippen LogP contribution >= 0.6 is 0 Å². The fraction of sp³-hybridized carbons (Fsp3) is 0.889. The second-order valence-electron chi connectivity index (χ2n) is 4.32. The first-order chi connectivity index (χ1) is 4.93. The first-order valence-electron chi connectivity index (χ1n) is 4.26. The molecule has 0 aromatic heterocycles. The highest BCUT2D eigenvalue weighted by atomic mass is 15.2. The van der Waals surface area contributed by atoms with E-state index >= 15 is 0 Å². The molecule has 0 bridgehead atoms. The summed E-state index contributed by atoms with van der Waals surface area (Å²) in [6.07, 6.45) is 1.21. The molecule has 0 aromatic carbocycles. The number of hydrogen-bond donors (Lipinski definition) is 1. The van der Waals surface area contributed by atoms with Crippen molar-refractivity contribution in [1.29, 1.82) is 5.41 Å². The molecule has 0 saturated carbocycles. The fourth-order valence-corrected chi connectivity index (χ4v) is 2.18. The quantitative estimate of drug-likeness (QED) is 0.420. The van der Waals surface area contributed by atoms with Gasteiger partial charge in [-0.2, -0.15) is 0 Å². The first kappa shape index (κ1) is 8.57. The normalized spacial score (nSPS) is 29.1. The number of likely N-dealkylation sites (tertiary alicyclic amines) is 1. The SMILES string of the molecule is CC(=N)N1CC(C)CC1(C)C. The topological polar surface area (TPSA) is 27.1 Å². The van der Waals surface area contributed by atoms with Gasteiger partial charge >= 0.3 is 0 Å². The third-order valence-corrected chi connectivity index (χ3v) is 2.48. The minimum Gasteiger partial charge on any atom is -0.355 e. The van der Waals surface area contributed by atoms with Gasteiger partial charge in [0.2, 0.25) is 0 Å². The van der Waals surface area contributed by atoms with E-state index in [4.69, 9.17) is 5.41 Å². The molecule has 0 spiro atoms. The molecule has 0 aliphatic carbocycles. The summed E-state index contributed by atoms with van der Waals surface area (Å²) >= 11 is 0. The summed E-state index contributed by atoms with van der Waals surface area (Å²) in [7, 11) is 0. The van der Waals surface area contributed by atoms with Gasteiger partial charge in [-0.25, -0.2) is 0 Å². The molecular weight excluding hydrogens is 136 g/mol. The van der Waals surface area contributed by atoms with Crippen molar-refractivity contribution in [2.45, 2.75) is 39.7 Å². The second kappa shape index (κ2) is 2.50. The summed E-state index contributed by atoms with van der Waals surface area (Å²) in [5.74, 6) is 1.45. The zero-order valence-corrected chi connectivity index (χ0v) is 7.94. The zero-order chi connectivity index (χ0) is 8.65. The molecule has 1 aliphatic heterocycles. The molecule has 1 fully saturated rings. The molecule has 0 radical (unpaired) electrons. The molecule has 2 heteroatoms. The molecule has 0 amide bonds. The van der Waals surface area contributed by atoms with Crippen molar-refractivity contribution < 1.29 is 0 Å². The van der Waals surface area contributed by atoms with Crippen LogP contribution in [-0.4, -0.2) is 22.8 Å². The summed E-state index contributed by atoms with van der Waals surface area (Å²) in [5, 5.41) is 7.56. The molecule has 1 heterocycles. The largest absolute Gasteiger partial charge is 0.355 e. The molecule has 1 unspecified atom stereocenters. The Labute approximate surface area is 69.1 Å². The molecule has 1 saturated heterocycles. The molecule has 64 valence electrons. The summed E-state index contributed by atoms with van der Waals surface area (Å²) < 4.78 is 0. The van der Waals surface area contributed by atoms with Crippen LogP contribution in [0.4, 0.5) is 0 Å². The van der Waals surface area contributed by atoms with Crippen LogP contribution in [0.1, 0.15) is 34.1 Å². The number of nitrogens with one attached hydrogen (secondary N) is 1. The zero-order valence-electron chi connectivity index (χ0n) is 7.94. The van der Waals surface area contributed by atoms with Crippen LogP contribution < -0.4 is 0 Å². The maximum Gasteiger partial charge on any atom is 0.0930 e. The van der Waals surface area contributed by atoms with Gasteiger partial charge in [-0.1, -0.05) is 6.92 Å². The van der Waals surface area contributed by atoms with E-state index in [1.54, 1.807) is 0 Å². The number of nitrogens with zero attached hydrogens (tertiary/aromatic N) is 1. The molecule has 11 heavy (non-hydrogen) atoms. The van der Waals surface area contributed by atoms with E-state index in [1.807, 2.05) is 6.92 Å². The lowest BCUT2D eigenvalue weighted by molar-refractivity contribution is 0.279.